The van der Waals surface area contributed by atoms with E-state index < -0.39 is 5.97 Å². The fourth-order valence-electron chi connectivity index (χ4n) is 1.49. The van der Waals surface area contributed by atoms with E-state index in [1.54, 1.807) is 32.3 Å². The fraction of sp³-hybridized carbons (Fsp3) is 0.385. The minimum Gasteiger partial charge on any atom is -0.465 e. The maximum atomic E-state index is 11.5. The van der Waals surface area contributed by atoms with E-state index in [4.69, 9.17) is 5.73 Å². The molecule has 0 fully saturated rings. The van der Waals surface area contributed by atoms with Crippen molar-refractivity contribution in [1.29, 1.82) is 0 Å². The number of urea groups is 1. The van der Waals surface area contributed by atoms with Crippen molar-refractivity contribution in [2.45, 2.75) is 0 Å². The summed E-state index contributed by atoms with van der Waals surface area (Å²) < 4.78 is 4.65. The van der Waals surface area contributed by atoms with Gasteiger partial charge in [0.1, 0.15) is 0 Å². The van der Waals surface area contributed by atoms with Crippen molar-refractivity contribution in [3.05, 3.63) is 23.8 Å². The number of nitrogens with two attached hydrogens (primary N) is 1. The van der Waals surface area contributed by atoms with Gasteiger partial charge >= 0.3 is 12.0 Å². The number of ether oxygens (including phenoxy) is 1. The summed E-state index contributed by atoms with van der Waals surface area (Å²) >= 11 is 0. The van der Waals surface area contributed by atoms with E-state index in [1.165, 1.54) is 12.0 Å². The van der Waals surface area contributed by atoms with E-state index >= 15 is 0 Å². The first-order valence-corrected chi connectivity index (χ1v) is 6.12. The zero-order chi connectivity index (χ0) is 15.1. The number of hydrogen-bond acceptors (Lipinski definition) is 5. The smallest absolute Gasteiger partial charge is 0.340 e. The molecule has 0 aliphatic heterocycles. The quantitative estimate of drug-likeness (QED) is 0.420. The molecule has 0 aliphatic rings. The van der Waals surface area contributed by atoms with E-state index in [0.29, 0.717) is 24.3 Å². The Labute approximate surface area is 118 Å². The van der Waals surface area contributed by atoms with Crippen LogP contribution < -0.4 is 16.4 Å². The Bertz CT molecular complexity index is 489. The van der Waals surface area contributed by atoms with E-state index in [1.807, 2.05) is 0 Å². The Hall–Kier alpha value is -2.44. The van der Waals surface area contributed by atoms with E-state index in [9.17, 15) is 9.59 Å². The van der Waals surface area contributed by atoms with Crippen LogP contribution in [-0.4, -0.2) is 51.2 Å². The second kappa shape index (κ2) is 7.22. The molecular formula is C13H20N4O3. The summed E-state index contributed by atoms with van der Waals surface area (Å²) in [6, 6.07) is 4.86. The number of nitrogen functional groups attached to an aromatic ring is 1. The van der Waals surface area contributed by atoms with Crippen LogP contribution in [0.5, 0.6) is 0 Å². The lowest BCUT2D eigenvalue weighted by Gasteiger charge is -2.13. The highest BCUT2D eigenvalue weighted by atomic mass is 16.5. The number of carbonyl (C=O) groups is 2. The van der Waals surface area contributed by atoms with Crippen molar-refractivity contribution in [3.8, 4) is 0 Å². The Balaban J connectivity index is 2.53. The molecule has 20 heavy (non-hydrogen) atoms. The number of methoxy groups -OCH3 is 1. The van der Waals surface area contributed by atoms with Crippen molar-refractivity contribution in [3.63, 3.8) is 0 Å². The van der Waals surface area contributed by atoms with Crippen LogP contribution in [0.4, 0.5) is 16.2 Å². The number of nitrogens with zero attached hydrogens (tertiary/aromatic N) is 1. The molecule has 0 aliphatic carbocycles. The first-order chi connectivity index (χ1) is 9.45. The van der Waals surface area contributed by atoms with Crippen molar-refractivity contribution in [1.82, 2.24) is 10.2 Å². The number of carbonyl (C=O) groups excluding carboxylic acids is 2. The van der Waals surface area contributed by atoms with Gasteiger partial charge in [0, 0.05) is 38.6 Å². The summed E-state index contributed by atoms with van der Waals surface area (Å²) in [7, 11) is 4.65. The van der Waals surface area contributed by atoms with Gasteiger partial charge in [-0.25, -0.2) is 9.59 Å². The van der Waals surface area contributed by atoms with Gasteiger partial charge in [-0.1, -0.05) is 0 Å². The average molecular weight is 280 g/mol. The highest BCUT2D eigenvalue weighted by molar-refractivity contribution is 5.96. The number of nitrogens with one attached hydrogen (secondary N) is 2. The van der Waals surface area contributed by atoms with Gasteiger partial charge in [0.2, 0.25) is 0 Å². The lowest BCUT2D eigenvalue weighted by Crippen LogP contribution is -2.37. The molecule has 0 unspecified atom stereocenters. The highest BCUT2D eigenvalue weighted by Gasteiger charge is 2.10. The van der Waals surface area contributed by atoms with Gasteiger partial charge < -0.3 is 26.0 Å². The van der Waals surface area contributed by atoms with E-state index in [-0.39, 0.29) is 6.03 Å². The molecule has 0 bridgehead atoms. The van der Waals surface area contributed by atoms with Crippen LogP contribution in [-0.2, 0) is 4.74 Å². The molecule has 4 N–H and O–H groups in total. The van der Waals surface area contributed by atoms with Crippen LogP contribution in [0.1, 0.15) is 10.4 Å². The van der Waals surface area contributed by atoms with Gasteiger partial charge in [0.05, 0.1) is 12.7 Å². The molecule has 1 rings (SSSR count). The molecule has 0 spiro atoms. The van der Waals surface area contributed by atoms with Crippen LogP contribution in [0.25, 0.3) is 0 Å². The highest BCUT2D eigenvalue weighted by Crippen LogP contribution is 2.18. The monoisotopic (exact) mass is 280 g/mol. The molecule has 2 amide bonds. The van der Waals surface area contributed by atoms with Crippen LogP contribution in [0.15, 0.2) is 18.2 Å². The Morgan fingerprint density at radius 1 is 1.30 bits per heavy atom. The molecule has 0 radical (unpaired) electrons. The SMILES string of the molecule is COC(=O)c1cc(NCCNC(=O)N(C)C)ccc1N. The van der Waals surface area contributed by atoms with Gasteiger partial charge in [-0.15, -0.1) is 0 Å². The van der Waals surface area contributed by atoms with Crippen LogP contribution >= 0.6 is 0 Å². The minimum absolute atomic E-state index is 0.153. The summed E-state index contributed by atoms with van der Waals surface area (Å²) in [6.45, 7) is 0.999. The van der Waals surface area contributed by atoms with Gasteiger partial charge in [-0.2, -0.15) is 0 Å². The molecular weight excluding hydrogens is 260 g/mol. The average Bonchev–Trinajstić information content (AvgIpc) is 2.43. The molecule has 0 atom stereocenters. The largest absolute Gasteiger partial charge is 0.465 e. The van der Waals surface area contributed by atoms with Crippen molar-refractivity contribution < 1.29 is 14.3 Å². The number of rotatable bonds is 5. The maximum absolute atomic E-state index is 11.5. The third-order valence-electron chi connectivity index (χ3n) is 2.60. The number of esters is 1. The van der Waals surface area contributed by atoms with Crippen molar-refractivity contribution >= 4 is 23.4 Å². The predicted molar refractivity (Wildman–Crippen MR) is 77.8 cm³/mol. The van der Waals surface area contributed by atoms with Crippen LogP contribution in [0.2, 0.25) is 0 Å². The summed E-state index contributed by atoms with van der Waals surface area (Å²) in [4.78, 5) is 24.2. The Morgan fingerprint density at radius 2 is 2.00 bits per heavy atom. The summed E-state index contributed by atoms with van der Waals surface area (Å²) in [5.74, 6) is -0.480. The number of anilines is 2. The molecule has 110 valence electrons. The van der Waals surface area contributed by atoms with E-state index in [0.717, 1.165) is 5.69 Å². The zero-order valence-corrected chi connectivity index (χ0v) is 11.9. The summed E-state index contributed by atoms with van der Waals surface area (Å²) in [6.07, 6.45) is 0. The van der Waals surface area contributed by atoms with Gasteiger partial charge in [0.25, 0.3) is 0 Å². The van der Waals surface area contributed by atoms with Crippen molar-refractivity contribution in [2.24, 2.45) is 0 Å². The summed E-state index contributed by atoms with van der Waals surface area (Å²) in [5, 5.41) is 5.81. The molecule has 1 aromatic rings. The normalized spacial score (nSPS) is 9.75. The fourth-order valence-corrected chi connectivity index (χ4v) is 1.49. The lowest BCUT2D eigenvalue weighted by molar-refractivity contribution is 0.0602. The predicted octanol–water partition coefficient (Wildman–Crippen LogP) is 0.738. The third-order valence-corrected chi connectivity index (χ3v) is 2.60. The first kappa shape index (κ1) is 15.6. The minimum atomic E-state index is -0.480. The Kier molecular flexibility index (Phi) is 5.64. The van der Waals surface area contributed by atoms with Crippen molar-refractivity contribution in [2.75, 3.05) is 45.3 Å². The molecule has 7 heteroatoms. The van der Waals surface area contributed by atoms with Gasteiger partial charge in [-0.3, -0.25) is 0 Å². The number of amides is 2. The van der Waals surface area contributed by atoms with Crippen LogP contribution in [0.3, 0.4) is 0 Å². The molecule has 0 saturated carbocycles. The van der Waals surface area contributed by atoms with E-state index in [2.05, 4.69) is 15.4 Å². The summed E-state index contributed by atoms with van der Waals surface area (Å²) in [5.41, 5.74) is 7.12. The Morgan fingerprint density at radius 3 is 2.60 bits per heavy atom. The second-order valence-corrected chi connectivity index (χ2v) is 4.35. The van der Waals surface area contributed by atoms with Gasteiger partial charge in [-0.05, 0) is 18.2 Å². The lowest BCUT2D eigenvalue weighted by atomic mass is 10.1. The maximum Gasteiger partial charge on any atom is 0.340 e. The molecule has 1 aromatic carbocycles. The van der Waals surface area contributed by atoms with Crippen LogP contribution in [0, 0.1) is 0 Å². The second-order valence-electron chi connectivity index (χ2n) is 4.35. The molecule has 0 aromatic heterocycles. The number of benzene rings is 1. The number of hydrogen-bond donors (Lipinski definition) is 3. The zero-order valence-electron chi connectivity index (χ0n) is 11.9. The molecule has 7 nitrogen and oxygen atoms in total. The van der Waals surface area contributed by atoms with Gasteiger partial charge in [0.15, 0.2) is 0 Å². The first-order valence-electron chi connectivity index (χ1n) is 6.12. The standard InChI is InChI=1S/C13H20N4O3/c1-17(2)13(19)16-7-6-15-9-4-5-11(14)10(8-9)12(18)20-3/h4-5,8,15H,6-7,14H2,1-3H3,(H,16,19). The molecule has 0 saturated heterocycles. The third kappa shape index (κ3) is 4.34. The molecule has 0 heterocycles. The topological polar surface area (TPSA) is 96.7 Å².